The fourth-order valence-electron chi connectivity index (χ4n) is 17.3. The van der Waals surface area contributed by atoms with E-state index >= 15 is 0 Å². The monoisotopic (exact) mass is 2050 g/mol. The third-order valence-electron chi connectivity index (χ3n) is 25.5. The Morgan fingerprint density at radius 1 is 0.367 bits per heavy atom. The number of hydrogen-bond donors (Lipinski definition) is 30. The maximum atomic E-state index is 13.0. The predicted molar refractivity (Wildman–Crippen MR) is 482 cm³/mol. The molecule has 48 nitrogen and oxygen atoms in total. The number of benzene rings is 3. The second-order valence-corrected chi connectivity index (χ2v) is 35.8. The Bertz CT molecular complexity index is 4250. The van der Waals surface area contributed by atoms with Crippen LogP contribution in [0.5, 0.6) is 0 Å². The minimum absolute atomic E-state index is 0.00872. The van der Waals surface area contributed by atoms with E-state index in [1.165, 1.54) is 6.92 Å². The summed E-state index contributed by atoms with van der Waals surface area (Å²) in [5.41, 5.74) is 26.3. The zero-order chi connectivity index (χ0) is 102. The Morgan fingerprint density at radius 3 is 1.04 bits per heavy atom. The number of nitrogens with two attached hydrogens (primary N) is 4. The lowest BCUT2D eigenvalue weighted by atomic mass is 9.79. The lowest BCUT2D eigenvalue weighted by Gasteiger charge is -2.49. The largest absolute Gasteiger partial charge is 0.445 e. The zero-order valence-corrected chi connectivity index (χ0v) is 78.0. The zero-order valence-electron chi connectivity index (χ0n) is 76.4. The maximum Gasteiger partial charge on any atom is 0.407 e. The molecule has 139 heavy (non-hydrogen) atoms. The van der Waals surface area contributed by atoms with Gasteiger partial charge in [-0.05, 0) is 41.9 Å². The summed E-state index contributed by atoms with van der Waals surface area (Å²) in [5, 5.41) is 235. The molecule has 3 saturated carbocycles. The van der Waals surface area contributed by atoms with Gasteiger partial charge in [-0.25, -0.2) is 14.4 Å². The SMILES string of the molecule is C#CCBr.C#CCN[C@@H]1CC(C)[C@@H](O[C@H]2OC(CNC(=O)OCc3ccccc3)[C@@H](O)C(O)[C@@H]2O)C(O)[C@@H]1OC1O[C@H](CO)[C@@H](O)C(C)[C@H]1O.C#CCN[C@@H]1CC(N)[C@@H](O[C@H]2OC(CN)[C@@H](O)C(O)[C@@H]2O)C(O)[C@@H]1OC1O[C@H](CO)[C@@H](O)C(N)[C@H]1O.CC1[C@@H](O)C(O[C@H]2C(O)[C@H](O[C@H]3OC(CNC(=O)OCc4ccccc4)[C@@H](O)C(O)[C@@H]3O)C(NC(=O)OCc3ccccc3)C[C@H]2N)O[C@H](CO)[C@H]1O. The first-order valence-electron chi connectivity index (χ1n) is 45.4. The van der Waals surface area contributed by atoms with Crippen molar-refractivity contribution in [3.05, 3.63) is 108 Å². The van der Waals surface area contributed by atoms with E-state index in [4.69, 9.17) is 113 Å². The first-order valence-corrected chi connectivity index (χ1v) is 46.5. The highest BCUT2D eigenvalue weighted by Crippen LogP contribution is 2.40. The second kappa shape index (κ2) is 56.0. The number of halogens is 1. The van der Waals surface area contributed by atoms with Gasteiger partial charge in [0.25, 0.3) is 0 Å². The molecule has 0 radical (unpaired) electrons. The third kappa shape index (κ3) is 30.6. The Morgan fingerprint density at radius 2 is 0.669 bits per heavy atom. The molecule has 9 fully saturated rings. The molecule has 3 amide bonds. The average molecular weight is 2050 g/mol. The molecule has 0 aromatic heterocycles. The van der Waals surface area contributed by atoms with Gasteiger partial charge in [0.1, 0.15) is 185 Å². The molecule has 782 valence electrons. The van der Waals surface area contributed by atoms with Gasteiger partial charge >= 0.3 is 18.3 Å². The number of ether oxygens (including phenoxy) is 15. The number of amides is 3. The van der Waals surface area contributed by atoms with Crippen LogP contribution in [-0.4, -0.2) is 441 Å². The van der Waals surface area contributed by atoms with Gasteiger partial charge < -0.3 is 228 Å². The number of hydrogen-bond acceptors (Lipinski definition) is 45. The topological polar surface area (TPSA) is 779 Å². The van der Waals surface area contributed by atoms with Crippen LogP contribution in [0.1, 0.15) is 56.7 Å². The lowest BCUT2D eigenvalue weighted by Crippen LogP contribution is -2.69. The third-order valence-corrected chi connectivity index (χ3v) is 25.8. The van der Waals surface area contributed by atoms with E-state index in [0.717, 1.165) is 11.1 Å². The smallest absolute Gasteiger partial charge is 0.407 e. The van der Waals surface area contributed by atoms with E-state index in [1.807, 2.05) is 12.1 Å². The summed E-state index contributed by atoms with van der Waals surface area (Å²) in [6, 6.07) is 21.3. The van der Waals surface area contributed by atoms with E-state index < -0.39 is 313 Å². The van der Waals surface area contributed by atoms with Crippen LogP contribution in [0.15, 0.2) is 91.0 Å². The van der Waals surface area contributed by atoms with Crippen LogP contribution in [0.3, 0.4) is 0 Å². The van der Waals surface area contributed by atoms with Crippen molar-refractivity contribution in [2.75, 3.05) is 57.9 Å². The van der Waals surface area contributed by atoms with Crippen LogP contribution in [0.25, 0.3) is 0 Å². The van der Waals surface area contributed by atoms with Crippen LogP contribution in [0.4, 0.5) is 14.4 Å². The van der Waals surface area contributed by atoms with Crippen molar-refractivity contribution in [3.8, 4) is 37.0 Å². The van der Waals surface area contributed by atoms with Gasteiger partial charge in [-0.15, -0.1) is 19.3 Å². The molecule has 6 aliphatic heterocycles. The van der Waals surface area contributed by atoms with Crippen molar-refractivity contribution in [2.45, 2.75) is 317 Å². The van der Waals surface area contributed by atoms with Crippen LogP contribution in [0, 0.1) is 54.8 Å². The van der Waals surface area contributed by atoms with Gasteiger partial charge in [0.05, 0.1) is 68.6 Å². The van der Waals surface area contributed by atoms with Gasteiger partial charge in [-0.2, -0.15) is 0 Å². The molecule has 9 aliphatic rings. The van der Waals surface area contributed by atoms with Crippen molar-refractivity contribution in [1.82, 2.24) is 26.6 Å². The second-order valence-electron chi connectivity index (χ2n) is 35.2. The van der Waals surface area contributed by atoms with Crippen LogP contribution >= 0.6 is 15.9 Å². The van der Waals surface area contributed by atoms with E-state index in [-0.39, 0.29) is 65.4 Å². The summed E-state index contributed by atoms with van der Waals surface area (Å²) in [4.78, 5) is 37.6. The summed E-state index contributed by atoms with van der Waals surface area (Å²) in [6.07, 6.45) is -37.7. The van der Waals surface area contributed by atoms with Gasteiger partial charge in [0.15, 0.2) is 37.7 Å². The number of nitrogens with one attached hydrogen (secondary N) is 5. The molecular formula is C90H136BrN9O39. The van der Waals surface area contributed by atoms with Crippen molar-refractivity contribution < 1.29 is 193 Å². The minimum atomic E-state index is -1.88. The molecule has 45 atom stereocenters. The van der Waals surface area contributed by atoms with E-state index in [0.29, 0.717) is 17.3 Å². The van der Waals surface area contributed by atoms with Crippen molar-refractivity contribution in [3.63, 3.8) is 0 Å². The lowest BCUT2D eigenvalue weighted by molar-refractivity contribution is -0.339. The molecular weight excluding hydrogens is 1910 g/mol. The van der Waals surface area contributed by atoms with Crippen molar-refractivity contribution in [2.24, 2.45) is 40.7 Å². The van der Waals surface area contributed by atoms with Gasteiger partial charge in [0, 0.05) is 55.6 Å². The molecule has 3 aromatic rings. The Labute approximate surface area is 810 Å². The van der Waals surface area contributed by atoms with Gasteiger partial charge in [-0.3, -0.25) is 0 Å². The molecule has 0 spiro atoms. The van der Waals surface area contributed by atoms with Crippen LogP contribution in [0.2, 0.25) is 0 Å². The summed E-state index contributed by atoms with van der Waals surface area (Å²) in [7, 11) is 0. The van der Waals surface area contributed by atoms with Gasteiger partial charge in [-0.1, -0.05) is 145 Å². The number of aliphatic hydroxyl groups is 21. The number of carbonyl (C=O) groups is 3. The minimum Gasteiger partial charge on any atom is -0.445 e. The summed E-state index contributed by atoms with van der Waals surface area (Å²) in [5.74, 6) is 5.31. The number of aliphatic hydroxyl groups excluding tert-OH is 21. The molecule has 49 heteroatoms. The Hall–Kier alpha value is -6.93. The van der Waals surface area contributed by atoms with Crippen LogP contribution in [-0.2, 0) is 90.9 Å². The number of alkyl halides is 1. The Balaban J connectivity index is 0.000000232. The highest BCUT2D eigenvalue weighted by Gasteiger charge is 2.58. The quantitative estimate of drug-likeness (QED) is 0.0162. The first kappa shape index (κ1) is 116. The molecule has 18 unspecified atom stereocenters. The normalized spacial score (nSPS) is 41.0. The van der Waals surface area contributed by atoms with E-state index in [1.54, 1.807) is 92.7 Å². The predicted octanol–water partition coefficient (Wildman–Crippen LogP) is -10.5. The van der Waals surface area contributed by atoms with E-state index in [2.05, 4.69) is 60.3 Å². The van der Waals surface area contributed by atoms with Crippen molar-refractivity contribution in [1.29, 1.82) is 0 Å². The molecule has 6 heterocycles. The Kier molecular flexibility index (Phi) is 46.6. The molecule has 6 saturated heterocycles. The average Bonchev–Trinajstić information content (AvgIpc) is 0.766. The maximum absolute atomic E-state index is 13.0. The summed E-state index contributed by atoms with van der Waals surface area (Å²) >= 11 is 3.01. The number of terminal acetylenes is 3. The highest BCUT2D eigenvalue weighted by atomic mass is 79.9. The standard InChI is InChI=1S/C35H49N3O15.C31H46N2O13.C21H38N4O11.C3H3Br/c1-17-24(40)23(14-39)51-32(25(17)41)52-30-20(36)12-21(38-35(47)49-16-19-10-6-3-7-11-19)31(29(30)45)53-33-28(44)27(43)26(42)22(50-33)13-37-34(46)48-15-18-8-4-2-5-9-18;1-4-10-32-18-11-15(2)27(26(40)28(18)46-29-22(36)16(3)21(35)20(13-34)44-29)45-30-25(39)24(38)23(37)19(43-30)12-33-31(41)42-14-17-8-6-5-7-9-17;1-2-3-25-8-4-7(23)18(35-21-16(31)15(30)13(28)9(5-22)33-21)17(32)19(8)36-20-14(29)11(24)12(27)10(6-26)34-20;1-2-3-4/h2-11,17,20-33,39-45H,12-16,36H2,1H3,(H,37,46)(H,38,47);1,5-9,15-16,18-30,32,34-40H,10-14H2,2-3H3,(H,33,41);1,7-21,25-32H,3-6,22-24H2;1H,3H2/t17?,20-,21?,22?,23-,24+,25-,26-,27?,28+,29?,30-,31-,32?,33-;15?,16?,18-,19?,20-,21+,22-,23-,24?,25+,26?,27-,28-,29?,30-;7?,8-,9?,10-,11?,12-,13-,14-,15?,16+,17?,18-,19-,20?,21-;/m111./s1. The number of carbonyl (C=O) groups excluding carboxylic acids is 3. The molecule has 3 aromatic carbocycles. The molecule has 34 N–H and O–H groups in total. The summed E-state index contributed by atoms with van der Waals surface area (Å²) < 4.78 is 85.2. The van der Waals surface area contributed by atoms with Crippen molar-refractivity contribution >= 4 is 34.2 Å². The van der Waals surface area contributed by atoms with Crippen LogP contribution < -0.4 is 49.5 Å². The number of alkyl carbamates (subject to hydrolysis) is 3. The van der Waals surface area contributed by atoms with E-state index in [9.17, 15) is 122 Å². The molecule has 0 bridgehead atoms. The molecule has 12 rings (SSSR count). The fourth-order valence-corrected chi connectivity index (χ4v) is 17.3. The molecule has 3 aliphatic carbocycles. The number of rotatable bonds is 31. The first-order chi connectivity index (χ1) is 66.3. The fraction of sp³-hybridized carbons (Fsp3) is 0.700. The van der Waals surface area contributed by atoms with Gasteiger partial charge in [0.2, 0.25) is 0 Å². The highest BCUT2D eigenvalue weighted by molar-refractivity contribution is 9.09. The summed E-state index contributed by atoms with van der Waals surface area (Å²) in [6.45, 7) is 2.41.